The van der Waals surface area contributed by atoms with Crippen LogP contribution in [0.25, 0.3) is 11.4 Å². The molecular formula is C14H12N6O3. The van der Waals surface area contributed by atoms with Gasteiger partial charge in [0.1, 0.15) is 6.54 Å². The van der Waals surface area contributed by atoms with Gasteiger partial charge in [-0.15, -0.1) is 10.2 Å². The summed E-state index contributed by atoms with van der Waals surface area (Å²) in [7, 11) is 0. The smallest absolute Gasteiger partial charge is 0.291 e. The number of hydrogen-bond donors (Lipinski definition) is 2. The van der Waals surface area contributed by atoms with Gasteiger partial charge in [0.05, 0.1) is 12.0 Å². The van der Waals surface area contributed by atoms with Crippen LogP contribution in [0, 0.1) is 0 Å². The normalized spacial score (nSPS) is 10.4. The molecule has 2 amide bonds. The van der Waals surface area contributed by atoms with Crippen LogP contribution in [0.2, 0.25) is 0 Å². The van der Waals surface area contributed by atoms with Gasteiger partial charge in [-0.05, 0) is 29.5 Å². The average Bonchev–Trinajstić information content (AvgIpc) is 3.18. The quantitative estimate of drug-likeness (QED) is 0.712. The van der Waals surface area contributed by atoms with E-state index in [9.17, 15) is 9.59 Å². The number of anilines is 1. The lowest BCUT2D eigenvalue weighted by Crippen LogP contribution is -2.20. The highest BCUT2D eigenvalue weighted by molar-refractivity contribution is 6.04. The van der Waals surface area contributed by atoms with Gasteiger partial charge in [-0.2, -0.15) is 4.80 Å². The predicted molar refractivity (Wildman–Crippen MR) is 79.1 cm³/mol. The van der Waals surface area contributed by atoms with Crippen LogP contribution in [0.15, 0.2) is 47.1 Å². The van der Waals surface area contributed by atoms with Crippen molar-refractivity contribution in [3.8, 4) is 11.4 Å². The average molecular weight is 312 g/mol. The number of para-hydroxylation sites is 1. The largest absolute Gasteiger partial charge is 0.459 e. The van der Waals surface area contributed by atoms with Gasteiger partial charge in [0.25, 0.3) is 5.91 Å². The third-order valence-corrected chi connectivity index (χ3v) is 2.91. The third-order valence-electron chi connectivity index (χ3n) is 2.91. The molecule has 1 aromatic carbocycles. The number of aromatic nitrogens is 4. The van der Waals surface area contributed by atoms with Crippen LogP contribution in [0.5, 0.6) is 0 Å². The van der Waals surface area contributed by atoms with Gasteiger partial charge in [0, 0.05) is 5.56 Å². The van der Waals surface area contributed by atoms with Gasteiger partial charge in [-0.1, -0.05) is 12.1 Å². The highest BCUT2D eigenvalue weighted by Crippen LogP contribution is 2.24. The first-order chi connectivity index (χ1) is 11.1. The second-order valence-corrected chi connectivity index (χ2v) is 4.59. The van der Waals surface area contributed by atoms with E-state index in [0.29, 0.717) is 11.3 Å². The van der Waals surface area contributed by atoms with Crippen molar-refractivity contribution in [2.45, 2.75) is 6.54 Å². The molecule has 0 fully saturated rings. The summed E-state index contributed by atoms with van der Waals surface area (Å²) in [4.78, 5) is 24.1. The number of nitrogens with zero attached hydrogens (tertiary/aromatic N) is 4. The Bertz CT molecular complexity index is 840. The highest BCUT2D eigenvalue weighted by Gasteiger charge is 2.15. The number of benzene rings is 1. The van der Waals surface area contributed by atoms with Crippen molar-refractivity contribution in [3.63, 3.8) is 0 Å². The SMILES string of the molecule is NC(=O)Cn1nnc(-c2ccccc2NC(=O)c2ccco2)n1. The van der Waals surface area contributed by atoms with Gasteiger partial charge in [-0.3, -0.25) is 9.59 Å². The summed E-state index contributed by atoms with van der Waals surface area (Å²) in [6.45, 7) is -0.173. The number of furan rings is 1. The lowest BCUT2D eigenvalue weighted by molar-refractivity contribution is -0.118. The number of nitrogens with one attached hydrogen (secondary N) is 1. The maximum Gasteiger partial charge on any atom is 0.291 e. The van der Waals surface area contributed by atoms with E-state index in [1.165, 1.54) is 6.26 Å². The molecule has 0 radical (unpaired) electrons. The molecule has 23 heavy (non-hydrogen) atoms. The molecule has 0 unspecified atom stereocenters. The van der Waals surface area contributed by atoms with E-state index in [-0.39, 0.29) is 18.1 Å². The molecule has 0 aliphatic carbocycles. The summed E-state index contributed by atoms with van der Waals surface area (Å²) in [6.07, 6.45) is 1.41. The van der Waals surface area contributed by atoms with E-state index < -0.39 is 11.8 Å². The monoisotopic (exact) mass is 312 g/mol. The number of primary amides is 1. The Morgan fingerprint density at radius 2 is 2.04 bits per heavy atom. The molecular weight excluding hydrogens is 300 g/mol. The van der Waals surface area contributed by atoms with Crippen molar-refractivity contribution in [3.05, 3.63) is 48.4 Å². The maximum atomic E-state index is 12.1. The van der Waals surface area contributed by atoms with Gasteiger partial charge in [-0.25, -0.2) is 0 Å². The molecule has 2 aromatic heterocycles. The molecule has 0 bridgehead atoms. The zero-order valence-electron chi connectivity index (χ0n) is 11.8. The number of amides is 2. The summed E-state index contributed by atoms with van der Waals surface area (Å²) in [5, 5.41) is 14.4. The van der Waals surface area contributed by atoms with Gasteiger partial charge >= 0.3 is 0 Å². The zero-order valence-corrected chi connectivity index (χ0v) is 11.8. The summed E-state index contributed by atoms with van der Waals surface area (Å²) in [5.41, 5.74) is 6.14. The Hall–Kier alpha value is -3.49. The Morgan fingerprint density at radius 3 is 2.78 bits per heavy atom. The van der Waals surface area contributed by atoms with Crippen LogP contribution in [-0.2, 0) is 11.3 Å². The first-order valence-corrected chi connectivity index (χ1v) is 6.64. The number of carbonyl (C=O) groups excluding carboxylic acids is 2. The number of carbonyl (C=O) groups is 2. The third kappa shape index (κ3) is 3.23. The molecule has 0 atom stereocenters. The summed E-state index contributed by atoms with van der Waals surface area (Å²) < 4.78 is 5.05. The van der Waals surface area contributed by atoms with E-state index in [4.69, 9.17) is 10.2 Å². The molecule has 3 N–H and O–H groups in total. The molecule has 2 heterocycles. The first-order valence-electron chi connectivity index (χ1n) is 6.64. The van der Waals surface area contributed by atoms with E-state index in [2.05, 4.69) is 20.7 Å². The Labute approximate surface area is 130 Å². The number of rotatable bonds is 5. The summed E-state index contributed by atoms with van der Waals surface area (Å²) in [6, 6.07) is 10.1. The van der Waals surface area contributed by atoms with Crippen molar-refractivity contribution >= 4 is 17.5 Å². The van der Waals surface area contributed by atoms with Crippen molar-refractivity contribution in [2.75, 3.05) is 5.32 Å². The number of hydrogen-bond acceptors (Lipinski definition) is 6. The van der Waals surface area contributed by atoms with Crippen molar-refractivity contribution in [2.24, 2.45) is 5.73 Å². The van der Waals surface area contributed by atoms with Crippen molar-refractivity contribution in [1.29, 1.82) is 0 Å². The zero-order chi connectivity index (χ0) is 16.2. The summed E-state index contributed by atoms with van der Waals surface area (Å²) in [5.74, 6) is -0.521. The molecule has 0 aliphatic heterocycles. The van der Waals surface area contributed by atoms with Gasteiger partial charge in [0.2, 0.25) is 11.7 Å². The molecule has 0 aliphatic rings. The van der Waals surface area contributed by atoms with E-state index in [1.807, 2.05) is 0 Å². The van der Waals surface area contributed by atoms with Crippen LogP contribution >= 0.6 is 0 Å². The molecule has 9 nitrogen and oxygen atoms in total. The van der Waals surface area contributed by atoms with Crippen LogP contribution in [0.3, 0.4) is 0 Å². The predicted octanol–water partition coefficient (Wildman–Crippen LogP) is 0.671. The summed E-state index contributed by atoms with van der Waals surface area (Å²) >= 11 is 0. The number of nitrogens with two attached hydrogens (primary N) is 1. The van der Waals surface area contributed by atoms with Crippen molar-refractivity contribution in [1.82, 2.24) is 20.2 Å². The lowest BCUT2D eigenvalue weighted by Gasteiger charge is -2.07. The van der Waals surface area contributed by atoms with E-state index in [0.717, 1.165) is 4.80 Å². The fraction of sp³-hybridized carbons (Fsp3) is 0.0714. The molecule has 0 saturated carbocycles. The molecule has 3 rings (SSSR count). The fourth-order valence-electron chi connectivity index (χ4n) is 1.94. The minimum atomic E-state index is -0.576. The van der Waals surface area contributed by atoms with Crippen LogP contribution in [-0.4, -0.2) is 32.0 Å². The maximum absolute atomic E-state index is 12.1. The van der Waals surface area contributed by atoms with Gasteiger partial charge in [0.15, 0.2) is 5.76 Å². The van der Waals surface area contributed by atoms with Gasteiger partial charge < -0.3 is 15.5 Å². The second-order valence-electron chi connectivity index (χ2n) is 4.59. The molecule has 9 heteroatoms. The van der Waals surface area contributed by atoms with E-state index in [1.54, 1.807) is 36.4 Å². The molecule has 0 spiro atoms. The fourth-order valence-corrected chi connectivity index (χ4v) is 1.94. The van der Waals surface area contributed by atoms with E-state index >= 15 is 0 Å². The Kier molecular flexibility index (Phi) is 3.83. The Balaban J connectivity index is 1.87. The standard InChI is InChI=1S/C14H12N6O3/c15-12(21)8-20-18-13(17-19-20)9-4-1-2-5-10(9)16-14(22)11-6-3-7-23-11/h1-7H,8H2,(H2,15,21)(H,16,22). The van der Waals surface area contributed by atoms with Crippen LogP contribution < -0.4 is 11.1 Å². The van der Waals surface area contributed by atoms with Crippen molar-refractivity contribution < 1.29 is 14.0 Å². The highest BCUT2D eigenvalue weighted by atomic mass is 16.3. The minimum absolute atomic E-state index is 0.173. The first kappa shape index (κ1) is 14.4. The topological polar surface area (TPSA) is 129 Å². The minimum Gasteiger partial charge on any atom is -0.459 e. The lowest BCUT2D eigenvalue weighted by atomic mass is 10.1. The van der Waals surface area contributed by atoms with Crippen LogP contribution in [0.1, 0.15) is 10.6 Å². The Morgan fingerprint density at radius 1 is 1.22 bits per heavy atom. The molecule has 116 valence electrons. The second kappa shape index (κ2) is 6.10. The number of tetrazole rings is 1. The molecule has 0 saturated heterocycles. The van der Waals surface area contributed by atoms with Crippen LogP contribution in [0.4, 0.5) is 5.69 Å². The molecule has 3 aromatic rings.